The summed E-state index contributed by atoms with van der Waals surface area (Å²) in [5.74, 6) is 0.0479. The van der Waals surface area contributed by atoms with Gasteiger partial charge < -0.3 is 16.0 Å². The van der Waals surface area contributed by atoms with Gasteiger partial charge in [-0.1, -0.05) is 0 Å². The van der Waals surface area contributed by atoms with Gasteiger partial charge in [-0.15, -0.1) is 0 Å². The van der Waals surface area contributed by atoms with Crippen LogP contribution >= 0.6 is 0 Å². The van der Waals surface area contributed by atoms with E-state index in [-0.39, 0.29) is 5.91 Å². The Kier molecular flexibility index (Phi) is 4.11. The maximum Gasteiger partial charge on any atom is 0.221 e. The zero-order chi connectivity index (χ0) is 11.5. The molecular weight excluding hydrogens is 190 g/mol. The summed E-state index contributed by atoms with van der Waals surface area (Å²) in [4.78, 5) is 13.7. The summed E-state index contributed by atoms with van der Waals surface area (Å²) >= 11 is 0. The van der Waals surface area contributed by atoms with Crippen molar-refractivity contribution >= 4 is 5.91 Å². The normalized spacial score (nSPS) is 16.9. The fourth-order valence-electron chi connectivity index (χ4n) is 1.55. The monoisotopic (exact) mass is 213 g/mol. The Labute approximate surface area is 92.2 Å². The van der Waals surface area contributed by atoms with Gasteiger partial charge in [-0.25, -0.2) is 0 Å². The lowest BCUT2D eigenvalue weighted by atomic mass is 10.0. The van der Waals surface area contributed by atoms with Gasteiger partial charge in [-0.3, -0.25) is 4.79 Å². The second-order valence-corrected chi connectivity index (χ2v) is 5.23. The number of likely N-dealkylation sites (N-methyl/N-ethyl adjacent to an activating group) is 1. The fraction of sp³-hybridized carbons (Fsp3) is 0.909. The Morgan fingerprint density at radius 3 is 2.60 bits per heavy atom. The summed E-state index contributed by atoms with van der Waals surface area (Å²) in [5.41, 5.74) is 5.34. The molecule has 1 rings (SSSR count). The van der Waals surface area contributed by atoms with Gasteiger partial charge in [0.25, 0.3) is 0 Å². The molecule has 4 nitrogen and oxygen atoms in total. The first-order valence-corrected chi connectivity index (χ1v) is 5.64. The van der Waals surface area contributed by atoms with E-state index in [4.69, 9.17) is 5.73 Å². The number of nitrogens with zero attached hydrogens (tertiary/aromatic N) is 1. The van der Waals surface area contributed by atoms with E-state index in [0.717, 1.165) is 19.1 Å². The Morgan fingerprint density at radius 2 is 2.13 bits per heavy atom. The van der Waals surface area contributed by atoms with E-state index in [1.165, 1.54) is 12.8 Å². The molecule has 1 aliphatic carbocycles. The van der Waals surface area contributed by atoms with Crippen molar-refractivity contribution in [3.8, 4) is 0 Å². The van der Waals surface area contributed by atoms with Crippen molar-refractivity contribution in [1.82, 2.24) is 10.2 Å². The van der Waals surface area contributed by atoms with Gasteiger partial charge in [0, 0.05) is 31.1 Å². The molecule has 0 aromatic rings. The summed E-state index contributed by atoms with van der Waals surface area (Å²) in [6.45, 7) is 5.38. The highest BCUT2D eigenvalue weighted by Gasteiger charge is 2.25. The lowest BCUT2D eigenvalue weighted by Crippen LogP contribution is -2.41. The van der Waals surface area contributed by atoms with Gasteiger partial charge in [-0.2, -0.15) is 0 Å². The molecule has 0 saturated heterocycles. The standard InChI is InChI=1S/C11H23N3O/c1-11(2,12)8-10(15)13-6-7-14(3)9-4-5-9/h9H,4-8,12H2,1-3H3,(H,13,15). The number of carbonyl (C=O) groups is 1. The van der Waals surface area contributed by atoms with Crippen molar-refractivity contribution in [2.24, 2.45) is 5.73 Å². The third-order valence-corrected chi connectivity index (χ3v) is 2.57. The minimum absolute atomic E-state index is 0.0479. The summed E-state index contributed by atoms with van der Waals surface area (Å²) in [5, 5.41) is 2.89. The Hall–Kier alpha value is -0.610. The first-order valence-electron chi connectivity index (χ1n) is 5.64. The summed E-state index contributed by atoms with van der Waals surface area (Å²) in [7, 11) is 2.11. The van der Waals surface area contributed by atoms with Crippen molar-refractivity contribution in [3.05, 3.63) is 0 Å². The van der Waals surface area contributed by atoms with E-state index in [0.29, 0.717) is 6.42 Å². The molecule has 0 radical (unpaired) electrons. The second-order valence-electron chi connectivity index (χ2n) is 5.23. The van der Waals surface area contributed by atoms with Gasteiger partial charge in [0.05, 0.1) is 0 Å². The third kappa shape index (κ3) is 5.74. The Morgan fingerprint density at radius 1 is 1.53 bits per heavy atom. The molecule has 0 atom stereocenters. The third-order valence-electron chi connectivity index (χ3n) is 2.57. The summed E-state index contributed by atoms with van der Waals surface area (Å²) < 4.78 is 0. The molecule has 0 spiro atoms. The van der Waals surface area contributed by atoms with Crippen LogP contribution in [0, 0.1) is 0 Å². The molecule has 3 N–H and O–H groups in total. The number of amides is 1. The molecule has 0 aliphatic heterocycles. The molecule has 1 fully saturated rings. The number of nitrogens with two attached hydrogens (primary N) is 1. The highest BCUT2D eigenvalue weighted by molar-refractivity contribution is 5.77. The van der Waals surface area contributed by atoms with Crippen LogP contribution in [0.3, 0.4) is 0 Å². The number of nitrogens with one attached hydrogen (secondary N) is 1. The molecule has 1 amide bonds. The first kappa shape index (κ1) is 12.5. The Balaban J connectivity index is 2.06. The minimum atomic E-state index is -0.410. The highest BCUT2D eigenvalue weighted by Crippen LogP contribution is 2.24. The minimum Gasteiger partial charge on any atom is -0.355 e. The molecule has 0 heterocycles. The Bertz CT molecular complexity index is 218. The maximum atomic E-state index is 11.4. The van der Waals surface area contributed by atoms with Crippen LogP contribution in [0.15, 0.2) is 0 Å². The van der Waals surface area contributed by atoms with Crippen molar-refractivity contribution < 1.29 is 4.79 Å². The average molecular weight is 213 g/mol. The molecule has 1 aliphatic rings. The van der Waals surface area contributed by atoms with Gasteiger partial charge in [0.15, 0.2) is 0 Å². The zero-order valence-electron chi connectivity index (χ0n) is 10.0. The van der Waals surface area contributed by atoms with Gasteiger partial charge in [-0.05, 0) is 33.7 Å². The fourth-order valence-corrected chi connectivity index (χ4v) is 1.55. The van der Waals surface area contributed by atoms with E-state index < -0.39 is 5.54 Å². The van der Waals surface area contributed by atoms with Crippen LogP contribution in [0.4, 0.5) is 0 Å². The van der Waals surface area contributed by atoms with E-state index in [1.54, 1.807) is 0 Å². The number of rotatable bonds is 6. The van der Waals surface area contributed by atoms with E-state index in [2.05, 4.69) is 17.3 Å². The smallest absolute Gasteiger partial charge is 0.221 e. The molecular formula is C11H23N3O. The van der Waals surface area contributed by atoms with Crippen molar-refractivity contribution in [3.63, 3.8) is 0 Å². The highest BCUT2D eigenvalue weighted by atomic mass is 16.1. The molecule has 1 saturated carbocycles. The topological polar surface area (TPSA) is 58.4 Å². The van der Waals surface area contributed by atoms with Crippen LogP contribution in [0.25, 0.3) is 0 Å². The summed E-state index contributed by atoms with van der Waals surface area (Å²) in [6, 6.07) is 0.757. The number of carbonyl (C=O) groups excluding carboxylic acids is 1. The molecule has 0 bridgehead atoms. The van der Waals surface area contributed by atoms with E-state index >= 15 is 0 Å². The number of hydrogen-bond acceptors (Lipinski definition) is 3. The second kappa shape index (κ2) is 4.94. The quantitative estimate of drug-likeness (QED) is 0.668. The van der Waals surface area contributed by atoms with E-state index in [9.17, 15) is 4.79 Å². The SMILES string of the molecule is CN(CCNC(=O)CC(C)(C)N)C1CC1. The van der Waals surface area contributed by atoms with Crippen LogP contribution in [-0.2, 0) is 4.79 Å². The van der Waals surface area contributed by atoms with Crippen LogP contribution in [0.1, 0.15) is 33.1 Å². The summed E-state index contributed by atoms with van der Waals surface area (Å²) in [6.07, 6.45) is 3.00. The lowest BCUT2D eigenvalue weighted by Gasteiger charge is -2.19. The molecule has 15 heavy (non-hydrogen) atoms. The molecule has 4 heteroatoms. The molecule has 0 aromatic carbocycles. The van der Waals surface area contributed by atoms with Crippen LogP contribution in [-0.4, -0.2) is 42.5 Å². The predicted molar refractivity (Wildman–Crippen MR) is 61.5 cm³/mol. The zero-order valence-corrected chi connectivity index (χ0v) is 10.0. The maximum absolute atomic E-state index is 11.4. The van der Waals surface area contributed by atoms with Crippen molar-refractivity contribution in [2.45, 2.75) is 44.7 Å². The molecule has 0 aromatic heterocycles. The van der Waals surface area contributed by atoms with Gasteiger partial charge in [0.1, 0.15) is 0 Å². The van der Waals surface area contributed by atoms with Gasteiger partial charge >= 0.3 is 0 Å². The molecule has 0 unspecified atom stereocenters. The van der Waals surface area contributed by atoms with Crippen LogP contribution < -0.4 is 11.1 Å². The van der Waals surface area contributed by atoms with E-state index in [1.807, 2.05) is 13.8 Å². The van der Waals surface area contributed by atoms with Crippen molar-refractivity contribution in [1.29, 1.82) is 0 Å². The lowest BCUT2D eigenvalue weighted by molar-refractivity contribution is -0.122. The number of hydrogen-bond donors (Lipinski definition) is 2. The van der Waals surface area contributed by atoms with Gasteiger partial charge in [0.2, 0.25) is 5.91 Å². The largest absolute Gasteiger partial charge is 0.355 e. The first-order chi connectivity index (χ1) is 6.88. The predicted octanol–water partition coefficient (Wildman–Crippen LogP) is 0.324. The molecule has 88 valence electrons. The average Bonchev–Trinajstić information content (AvgIpc) is 2.81. The van der Waals surface area contributed by atoms with Crippen molar-refractivity contribution in [2.75, 3.05) is 20.1 Å². The van der Waals surface area contributed by atoms with Crippen LogP contribution in [0.5, 0.6) is 0 Å². The van der Waals surface area contributed by atoms with Crippen LogP contribution in [0.2, 0.25) is 0 Å².